The molecule has 0 unspecified atom stereocenters. The van der Waals surface area contributed by atoms with Crippen LogP contribution in [0.5, 0.6) is 0 Å². The molecule has 134 valence electrons. The number of hydrogen-bond donors (Lipinski definition) is 1. The first kappa shape index (κ1) is 19.2. The third-order valence-electron chi connectivity index (χ3n) is 4.92. The summed E-state index contributed by atoms with van der Waals surface area (Å²) < 4.78 is 5.66. The highest BCUT2D eigenvalue weighted by Gasteiger charge is 2.26. The minimum atomic E-state index is -0.623. The first-order valence-corrected chi connectivity index (χ1v) is 8.81. The van der Waals surface area contributed by atoms with Gasteiger partial charge in [0, 0.05) is 5.92 Å². The second-order valence-corrected chi connectivity index (χ2v) is 7.10. The maximum Gasteiger partial charge on any atom is 0.322 e. The highest BCUT2D eigenvalue weighted by molar-refractivity contribution is 5.75. The largest absolute Gasteiger partial charge is 0.461 e. The van der Waals surface area contributed by atoms with Gasteiger partial charge < -0.3 is 10.5 Å². The van der Waals surface area contributed by atoms with Crippen molar-refractivity contribution >= 4 is 5.97 Å². The number of benzene rings is 2. The minimum absolute atomic E-state index is 0.0266. The Morgan fingerprint density at radius 1 is 0.840 bits per heavy atom. The lowest BCUT2D eigenvalue weighted by Gasteiger charge is -2.27. The average molecular weight is 339 g/mol. The molecule has 0 fully saturated rings. The summed E-state index contributed by atoms with van der Waals surface area (Å²) in [5, 5.41) is 0. The lowest BCUT2D eigenvalue weighted by atomic mass is 9.84. The number of rotatable bonds is 5. The van der Waals surface area contributed by atoms with Crippen molar-refractivity contribution in [3.63, 3.8) is 0 Å². The van der Waals surface area contributed by atoms with E-state index < -0.39 is 6.04 Å². The van der Waals surface area contributed by atoms with Gasteiger partial charge in [0.2, 0.25) is 0 Å². The van der Waals surface area contributed by atoms with Gasteiger partial charge in [0.15, 0.2) is 0 Å². The summed E-state index contributed by atoms with van der Waals surface area (Å²) >= 11 is 0. The van der Waals surface area contributed by atoms with Crippen LogP contribution in [-0.2, 0) is 9.53 Å². The number of aryl methyl sites for hydroxylation is 4. The Morgan fingerprint density at radius 2 is 1.28 bits per heavy atom. The van der Waals surface area contributed by atoms with Gasteiger partial charge in [-0.3, -0.25) is 4.79 Å². The van der Waals surface area contributed by atoms with Gasteiger partial charge in [0.1, 0.15) is 12.1 Å². The van der Waals surface area contributed by atoms with Crippen molar-refractivity contribution in [3.8, 4) is 0 Å². The van der Waals surface area contributed by atoms with E-state index in [4.69, 9.17) is 10.5 Å². The van der Waals surface area contributed by atoms with Crippen LogP contribution in [0.15, 0.2) is 36.4 Å². The smallest absolute Gasteiger partial charge is 0.322 e. The van der Waals surface area contributed by atoms with Gasteiger partial charge in [0.05, 0.1) is 0 Å². The number of carbonyl (C=O) groups excluding carboxylic acids is 1. The Balaban J connectivity index is 2.48. The molecule has 2 atom stereocenters. The highest BCUT2D eigenvalue weighted by atomic mass is 16.5. The van der Waals surface area contributed by atoms with E-state index in [1.165, 1.54) is 22.3 Å². The Hall–Kier alpha value is -2.13. The monoisotopic (exact) mass is 339 g/mol. The normalized spacial score (nSPS) is 13.6. The molecule has 0 heterocycles. The van der Waals surface area contributed by atoms with E-state index in [0.717, 1.165) is 11.1 Å². The Bertz CT molecular complexity index is 713. The molecular weight excluding hydrogens is 310 g/mol. The zero-order valence-corrected chi connectivity index (χ0v) is 16.1. The molecule has 2 aromatic rings. The van der Waals surface area contributed by atoms with Crippen LogP contribution in [0.1, 0.15) is 53.1 Å². The predicted molar refractivity (Wildman–Crippen MR) is 103 cm³/mol. The molecule has 0 radical (unpaired) electrons. The van der Waals surface area contributed by atoms with Crippen LogP contribution in [0, 0.1) is 27.7 Å². The third-order valence-corrected chi connectivity index (χ3v) is 4.92. The Kier molecular flexibility index (Phi) is 6.02. The molecule has 2 rings (SSSR count). The zero-order chi connectivity index (χ0) is 18.7. The number of hydrogen-bond acceptors (Lipinski definition) is 3. The summed E-state index contributed by atoms with van der Waals surface area (Å²) in [6.07, 6.45) is -0.303. The number of ether oxygens (including phenoxy) is 1. The summed E-state index contributed by atoms with van der Waals surface area (Å²) in [5.74, 6) is -0.397. The van der Waals surface area contributed by atoms with Gasteiger partial charge in [-0.2, -0.15) is 0 Å². The van der Waals surface area contributed by atoms with Crippen LogP contribution < -0.4 is 5.73 Å². The molecule has 0 aliphatic heterocycles. The fourth-order valence-electron chi connectivity index (χ4n) is 3.01. The van der Waals surface area contributed by atoms with Crippen molar-refractivity contribution in [2.45, 2.75) is 59.6 Å². The number of carbonyl (C=O) groups is 1. The van der Waals surface area contributed by atoms with Gasteiger partial charge in [0.25, 0.3) is 0 Å². The van der Waals surface area contributed by atoms with Crippen molar-refractivity contribution in [1.82, 2.24) is 0 Å². The standard InChI is InChI=1S/C22H29NO2/c1-13-7-9-19(11-15(13)3)21(18(6)25-22(24)17(5)23)20-10-8-14(2)16(4)12-20/h7-12,17-18,21H,23H2,1-6H3/t17-,18-/m0/s1. The van der Waals surface area contributed by atoms with Crippen LogP contribution in [0.25, 0.3) is 0 Å². The molecule has 0 bridgehead atoms. The average Bonchev–Trinajstić information content (AvgIpc) is 2.54. The van der Waals surface area contributed by atoms with Crippen molar-refractivity contribution in [2.75, 3.05) is 0 Å². The van der Waals surface area contributed by atoms with Gasteiger partial charge >= 0.3 is 5.97 Å². The predicted octanol–water partition coefficient (Wildman–Crippen LogP) is 4.33. The lowest BCUT2D eigenvalue weighted by molar-refractivity contribution is -0.149. The molecular formula is C22H29NO2. The molecule has 0 aromatic heterocycles. The van der Waals surface area contributed by atoms with Crippen molar-refractivity contribution < 1.29 is 9.53 Å². The molecule has 2 aromatic carbocycles. The first-order chi connectivity index (χ1) is 11.7. The molecule has 0 aliphatic rings. The molecule has 0 saturated heterocycles. The van der Waals surface area contributed by atoms with Crippen LogP contribution >= 0.6 is 0 Å². The SMILES string of the molecule is Cc1ccc(C(c2ccc(C)c(C)c2)[C@H](C)OC(=O)[C@H](C)N)cc1C. The van der Waals surface area contributed by atoms with Crippen molar-refractivity contribution in [1.29, 1.82) is 0 Å². The highest BCUT2D eigenvalue weighted by Crippen LogP contribution is 2.32. The molecule has 3 heteroatoms. The van der Waals surface area contributed by atoms with E-state index in [1.54, 1.807) is 6.92 Å². The molecule has 2 N–H and O–H groups in total. The lowest BCUT2D eigenvalue weighted by Crippen LogP contribution is -2.33. The van der Waals surface area contributed by atoms with E-state index in [2.05, 4.69) is 64.1 Å². The van der Waals surface area contributed by atoms with E-state index in [-0.39, 0.29) is 18.0 Å². The summed E-state index contributed by atoms with van der Waals surface area (Å²) in [4.78, 5) is 12.0. The van der Waals surface area contributed by atoms with Gasteiger partial charge in [-0.25, -0.2) is 0 Å². The third kappa shape index (κ3) is 4.49. The van der Waals surface area contributed by atoms with Gasteiger partial charge in [-0.1, -0.05) is 36.4 Å². The van der Waals surface area contributed by atoms with E-state index in [9.17, 15) is 4.79 Å². The van der Waals surface area contributed by atoms with Gasteiger partial charge in [-0.05, 0) is 74.9 Å². The van der Waals surface area contributed by atoms with Crippen LogP contribution in [0.3, 0.4) is 0 Å². The van der Waals surface area contributed by atoms with Crippen LogP contribution in [-0.4, -0.2) is 18.1 Å². The summed E-state index contributed by atoms with van der Waals surface area (Å²) in [6, 6.07) is 12.2. The van der Waals surface area contributed by atoms with Crippen molar-refractivity contribution in [3.05, 3.63) is 69.8 Å². The number of esters is 1. The summed E-state index contributed by atoms with van der Waals surface area (Å²) in [7, 11) is 0. The molecule has 0 amide bonds. The van der Waals surface area contributed by atoms with E-state index >= 15 is 0 Å². The minimum Gasteiger partial charge on any atom is -0.461 e. The molecule has 0 saturated carbocycles. The van der Waals surface area contributed by atoms with Crippen LogP contribution in [0.4, 0.5) is 0 Å². The van der Waals surface area contributed by atoms with Crippen LogP contribution in [0.2, 0.25) is 0 Å². The van der Waals surface area contributed by atoms with E-state index in [1.807, 2.05) is 6.92 Å². The first-order valence-electron chi connectivity index (χ1n) is 8.81. The quantitative estimate of drug-likeness (QED) is 0.825. The second kappa shape index (κ2) is 7.83. The zero-order valence-electron chi connectivity index (χ0n) is 16.1. The number of nitrogens with two attached hydrogens (primary N) is 1. The fourth-order valence-corrected chi connectivity index (χ4v) is 3.01. The Labute approximate surface area is 151 Å². The Morgan fingerprint density at radius 3 is 1.64 bits per heavy atom. The second-order valence-electron chi connectivity index (χ2n) is 7.10. The summed E-state index contributed by atoms with van der Waals surface area (Å²) in [5.41, 5.74) is 12.9. The maximum absolute atomic E-state index is 12.0. The summed E-state index contributed by atoms with van der Waals surface area (Å²) in [6.45, 7) is 12.0. The topological polar surface area (TPSA) is 52.3 Å². The molecule has 0 aliphatic carbocycles. The van der Waals surface area contributed by atoms with Crippen molar-refractivity contribution in [2.24, 2.45) is 5.73 Å². The maximum atomic E-state index is 12.0. The fraction of sp³-hybridized carbons (Fsp3) is 0.409. The van der Waals surface area contributed by atoms with E-state index in [0.29, 0.717) is 0 Å². The van der Waals surface area contributed by atoms with Gasteiger partial charge in [-0.15, -0.1) is 0 Å². The molecule has 25 heavy (non-hydrogen) atoms. The molecule has 3 nitrogen and oxygen atoms in total. The molecule has 0 spiro atoms.